The summed E-state index contributed by atoms with van der Waals surface area (Å²) in [7, 11) is 2.47. The molecule has 0 fully saturated rings. The topological polar surface area (TPSA) is 78.4 Å². The number of esters is 2. The van der Waals surface area contributed by atoms with Crippen molar-refractivity contribution in [3.63, 3.8) is 0 Å². The van der Waals surface area contributed by atoms with E-state index in [0.29, 0.717) is 10.0 Å². The summed E-state index contributed by atoms with van der Waals surface area (Å²) in [6.45, 7) is 3.42. The maximum Gasteiger partial charge on any atom is 0.357 e. The van der Waals surface area contributed by atoms with Gasteiger partial charge in [-0.1, -0.05) is 13.8 Å². The van der Waals surface area contributed by atoms with E-state index >= 15 is 0 Å². The average Bonchev–Trinajstić information content (AvgIpc) is 3.19. The molecule has 2 aromatic heterocycles. The van der Waals surface area contributed by atoms with Crippen molar-refractivity contribution < 1.29 is 23.5 Å². The van der Waals surface area contributed by atoms with Crippen LogP contribution in [0.15, 0.2) is 5.38 Å². The fourth-order valence-corrected chi connectivity index (χ4v) is 3.75. The number of rotatable bonds is 5. The van der Waals surface area contributed by atoms with Gasteiger partial charge in [0.1, 0.15) is 6.17 Å². The molecule has 0 aliphatic carbocycles. The van der Waals surface area contributed by atoms with E-state index in [0.717, 1.165) is 11.3 Å². The van der Waals surface area contributed by atoms with Gasteiger partial charge in [-0.05, 0) is 5.92 Å². The molecule has 23 heavy (non-hydrogen) atoms. The second-order valence-electron chi connectivity index (χ2n) is 4.90. The predicted molar refractivity (Wildman–Crippen MR) is 84.6 cm³/mol. The van der Waals surface area contributed by atoms with Crippen molar-refractivity contribution in [2.24, 2.45) is 5.92 Å². The SMILES string of the molecule is COC(=O)c1csc(-c2nc(C(=O)OC)c(C(F)C(C)C)s2)n1. The molecule has 0 saturated heterocycles. The summed E-state index contributed by atoms with van der Waals surface area (Å²) in [4.78, 5) is 31.8. The number of aromatic nitrogens is 2. The number of carbonyl (C=O) groups is 2. The number of carbonyl (C=O) groups excluding carboxylic acids is 2. The van der Waals surface area contributed by atoms with E-state index in [9.17, 15) is 14.0 Å². The molecular formula is C14H15FN2O4S2. The Morgan fingerprint density at radius 1 is 1.13 bits per heavy atom. The Bertz CT molecular complexity index is 726. The van der Waals surface area contributed by atoms with Crippen LogP contribution in [0, 0.1) is 5.92 Å². The lowest BCUT2D eigenvalue weighted by Gasteiger charge is -2.10. The monoisotopic (exact) mass is 358 g/mol. The molecule has 0 spiro atoms. The molecule has 0 bridgehead atoms. The van der Waals surface area contributed by atoms with Crippen molar-refractivity contribution in [2.75, 3.05) is 14.2 Å². The molecule has 2 heterocycles. The van der Waals surface area contributed by atoms with E-state index < -0.39 is 18.1 Å². The fourth-order valence-electron chi connectivity index (χ4n) is 1.73. The summed E-state index contributed by atoms with van der Waals surface area (Å²) in [5.41, 5.74) is 0.0908. The molecule has 0 N–H and O–H groups in total. The van der Waals surface area contributed by atoms with E-state index in [2.05, 4.69) is 19.4 Å². The van der Waals surface area contributed by atoms with Gasteiger partial charge < -0.3 is 9.47 Å². The number of hydrogen-bond donors (Lipinski definition) is 0. The molecule has 0 radical (unpaired) electrons. The van der Waals surface area contributed by atoms with Crippen LogP contribution in [0.25, 0.3) is 10.0 Å². The first kappa shape index (κ1) is 17.5. The van der Waals surface area contributed by atoms with Gasteiger partial charge in [0.15, 0.2) is 21.4 Å². The number of halogens is 1. The van der Waals surface area contributed by atoms with Gasteiger partial charge >= 0.3 is 11.9 Å². The number of alkyl halides is 1. The standard InChI is InChI=1S/C14H15FN2O4S2/c1-6(2)8(15)10-9(14(19)21-4)17-12(23-10)11-16-7(5-22-11)13(18)20-3/h5-6,8H,1-4H3. The second-order valence-corrected chi connectivity index (χ2v) is 6.79. The maximum atomic E-state index is 14.4. The predicted octanol–water partition coefficient (Wildman–Crippen LogP) is 3.51. The number of methoxy groups -OCH3 is 2. The van der Waals surface area contributed by atoms with Crippen LogP contribution < -0.4 is 0 Å². The van der Waals surface area contributed by atoms with Gasteiger partial charge in [-0.3, -0.25) is 0 Å². The lowest BCUT2D eigenvalue weighted by molar-refractivity contribution is 0.0583. The van der Waals surface area contributed by atoms with Crippen molar-refractivity contribution in [3.05, 3.63) is 21.6 Å². The Balaban J connectivity index is 2.46. The molecule has 0 aromatic carbocycles. The van der Waals surface area contributed by atoms with Crippen molar-refractivity contribution >= 4 is 34.6 Å². The quantitative estimate of drug-likeness (QED) is 0.761. The van der Waals surface area contributed by atoms with E-state index in [1.165, 1.54) is 30.9 Å². The highest BCUT2D eigenvalue weighted by atomic mass is 32.1. The van der Waals surface area contributed by atoms with E-state index in [4.69, 9.17) is 0 Å². The van der Waals surface area contributed by atoms with Gasteiger partial charge in [-0.15, -0.1) is 22.7 Å². The Morgan fingerprint density at radius 3 is 2.35 bits per heavy atom. The summed E-state index contributed by atoms with van der Waals surface area (Å²) < 4.78 is 23.7. The van der Waals surface area contributed by atoms with Crippen LogP contribution >= 0.6 is 22.7 Å². The lowest BCUT2D eigenvalue weighted by Crippen LogP contribution is -2.08. The van der Waals surface area contributed by atoms with Crippen molar-refractivity contribution in [2.45, 2.75) is 20.0 Å². The van der Waals surface area contributed by atoms with Crippen LogP contribution in [-0.2, 0) is 9.47 Å². The Kier molecular flexibility index (Phi) is 5.42. The third-order valence-electron chi connectivity index (χ3n) is 2.95. The van der Waals surface area contributed by atoms with Gasteiger partial charge in [0, 0.05) is 5.38 Å². The zero-order chi connectivity index (χ0) is 17.1. The van der Waals surface area contributed by atoms with Crippen molar-refractivity contribution in [1.29, 1.82) is 0 Å². The largest absolute Gasteiger partial charge is 0.464 e. The summed E-state index contributed by atoms with van der Waals surface area (Å²) in [5, 5.41) is 2.31. The van der Waals surface area contributed by atoms with Gasteiger partial charge in [0.2, 0.25) is 0 Å². The molecule has 2 aromatic rings. The van der Waals surface area contributed by atoms with E-state index in [1.54, 1.807) is 13.8 Å². The number of ether oxygens (including phenoxy) is 2. The first-order chi connectivity index (χ1) is 10.9. The molecule has 0 aliphatic heterocycles. The van der Waals surface area contributed by atoms with Crippen LogP contribution in [0.3, 0.4) is 0 Å². The highest BCUT2D eigenvalue weighted by molar-refractivity contribution is 7.21. The maximum absolute atomic E-state index is 14.4. The molecule has 0 amide bonds. The Labute approximate surface area is 140 Å². The zero-order valence-electron chi connectivity index (χ0n) is 13.0. The van der Waals surface area contributed by atoms with Crippen LogP contribution in [0.1, 0.15) is 45.9 Å². The number of hydrogen-bond acceptors (Lipinski definition) is 8. The van der Waals surface area contributed by atoms with Crippen LogP contribution in [0.5, 0.6) is 0 Å². The van der Waals surface area contributed by atoms with E-state index in [1.807, 2.05) is 0 Å². The Hall–Kier alpha value is -1.87. The minimum absolute atomic E-state index is 0.0523. The number of nitrogens with zero attached hydrogens (tertiary/aromatic N) is 2. The molecule has 2 rings (SSSR count). The smallest absolute Gasteiger partial charge is 0.357 e. The van der Waals surface area contributed by atoms with Gasteiger partial charge in [-0.2, -0.15) is 0 Å². The van der Waals surface area contributed by atoms with Crippen LogP contribution in [0.4, 0.5) is 4.39 Å². The van der Waals surface area contributed by atoms with Crippen LogP contribution in [-0.4, -0.2) is 36.1 Å². The molecule has 0 saturated carbocycles. The van der Waals surface area contributed by atoms with Crippen molar-refractivity contribution in [1.82, 2.24) is 9.97 Å². The minimum atomic E-state index is -1.34. The molecular weight excluding hydrogens is 343 g/mol. The number of thiazole rings is 2. The molecule has 6 nitrogen and oxygen atoms in total. The molecule has 1 unspecified atom stereocenters. The van der Waals surface area contributed by atoms with Gasteiger partial charge in [0.25, 0.3) is 0 Å². The minimum Gasteiger partial charge on any atom is -0.464 e. The summed E-state index contributed by atoms with van der Waals surface area (Å²) >= 11 is 2.20. The summed E-state index contributed by atoms with van der Waals surface area (Å²) in [5.74, 6) is -1.58. The molecule has 9 heteroatoms. The highest BCUT2D eigenvalue weighted by Crippen LogP contribution is 2.38. The molecule has 0 aliphatic rings. The average molecular weight is 358 g/mol. The third kappa shape index (κ3) is 3.56. The van der Waals surface area contributed by atoms with Gasteiger partial charge in [-0.25, -0.2) is 23.9 Å². The first-order valence-corrected chi connectivity index (χ1v) is 8.36. The first-order valence-electron chi connectivity index (χ1n) is 6.66. The lowest BCUT2D eigenvalue weighted by atomic mass is 10.1. The highest BCUT2D eigenvalue weighted by Gasteiger charge is 2.28. The summed E-state index contributed by atoms with van der Waals surface area (Å²) in [6, 6.07) is 0. The molecule has 124 valence electrons. The fraction of sp³-hybridized carbons (Fsp3) is 0.429. The van der Waals surface area contributed by atoms with Crippen molar-refractivity contribution in [3.8, 4) is 10.0 Å². The zero-order valence-corrected chi connectivity index (χ0v) is 14.6. The Morgan fingerprint density at radius 2 is 1.78 bits per heavy atom. The van der Waals surface area contributed by atoms with E-state index in [-0.39, 0.29) is 22.2 Å². The summed E-state index contributed by atoms with van der Waals surface area (Å²) in [6.07, 6.45) is -1.34. The van der Waals surface area contributed by atoms with Crippen LogP contribution in [0.2, 0.25) is 0 Å². The van der Waals surface area contributed by atoms with Gasteiger partial charge in [0.05, 0.1) is 19.1 Å². The molecule has 1 atom stereocenters. The normalized spacial score (nSPS) is 12.3. The second kappa shape index (κ2) is 7.14. The third-order valence-corrected chi connectivity index (χ3v) is 5.04.